The lowest BCUT2D eigenvalue weighted by Gasteiger charge is -2.04. The van der Waals surface area contributed by atoms with E-state index in [0.717, 1.165) is 0 Å². The minimum Gasteiger partial charge on any atom is -0.506 e. The van der Waals surface area contributed by atoms with Crippen LogP contribution < -0.4 is 0 Å². The van der Waals surface area contributed by atoms with Crippen LogP contribution in [0.15, 0.2) is 29.2 Å². The van der Waals surface area contributed by atoms with Crippen LogP contribution in [0.5, 0.6) is 5.75 Å². The summed E-state index contributed by atoms with van der Waals surface area (Å²) in [4.78, 5) is -0.197. The molecule has 5 heteroatoms. The Morgan fingerprint density at radius 2 is 2.00 bits per heavy atom. The quantitative estimate of drug-likeness (QED) is 0.746. The molecular weight excluding hydrogens is 192 g/mol. The van der Waals surface area contributed by atoms with Crippen molar-refractivity contribution in [3.05, 3.63) is 24.3 Å². The number of phenolic OH excluding ortho intramolecular Hbond substituents is 1. The molecule has 0 aliphatic heterocycles. The summed E-state index contributed by atoms with van der Waals surface area (Å²) in [5.74, 6) is -0.295. The van der Waals surface area contributed by atoms with Gasteiger partial charge in [-0.3, -0.25) is 4.18 Å². The van der Waals surface area contributed by atoms with Crippen LogP contribution >= 0.6 is 0 Å². The zero-order valence-electron chi connectivity index (χ0n) is 7.10. The van der Waals surface area contributed by atoms with Crippen LogP contribution in [0.2, 0.25) is 0 Å². The van der Waals surface area contributed by atoms with Crippen molar-refractivity contribution in [1.29, 1.82) is 0 Å². The van der Waals surface area contributed by atoms with Gasteiger partial charge in [0.05, 0.1) is 6.61 Å². The van der Waals surface area contributed by atoms with Crippen molar-refractivity contribution in [2.75, 3.05) is 6.61 Å². The highest BCUT2D eigenvalue weighted by Gasteiger charge is 2.17. The van der Waals surface area contributed by atoms with Crippen molar-refractivity contribution in [1.82, 2.24) is 0 Å². The second-order valence-electron chi connectivity index (χ2n) is 2.33. The molecule has 0 spiro atoms. The molecule has 0 fully saturated rings. The molecule has 13 heavy (non-hydrogen) atoms. The Morgan fingerprint density at radius 3 is 2.54 bits per heavy atom. The molecule has 1 aromatic rings. The highest BCUT2D eigenvalue weighted by Crippen LogP contribution is 2.22. The first kappa shape index (κ1) is 10.0. The third-order valence-electron chi connectivity index (χ3n) is 1.41. The SMILES string of the molecule is CCOS(=O)(=O)c1ccccc1O. The fraction of sp³-hybridized carbons (Fsp3) is 0.250. The number of rotatable bonds is 3. The number of benzene rings is 1. The zero-order valence-corrected chi connectivity index (χ0v) is 7.91. The normalized spacial score (nSPS) is 11.5. The van der Waals surface area contributed by atoms with E-state index in [1.807, 2.05) is 0 Å². The highest BCUT2D eigenvalue weighted by molar-refractivity contribution is 7.86. The third-order valence-corrected chi connectivity index (χ3v) is 2.84. The van der Waals surface area contributed by atoms with Crippen LogP contribution in [0.4, 0.5) is 0 Å². The van der Waals surface area contributed by atoms with Gasteiger partial charge < -0.3 is 5.11 Å². The molecule has 0 amide bonds. The molecule has 0 aliphatic rings. The van der Waals surface area contributed by atoms with Crippen LogP contribution in [0.1, 0.15) is 6.92 Å². The molecule has 0 bridgehead atoms. The van der Waals surface area contributed by atoms with E-state index < -0.39 is 10.1 Å². The first-order chi connectivity index (χ1) is 6.08. The van der Waals surface area contributed by atoms with Gasteiger partial charge in [0.15, 0.2) is 0 Å². The molecule has 0 unspecified atom stereocenters. The Kier molecular flexibility index (Phi) is 2.90. The molecule has 1 N–H and O–H groups in total. The van der Waals surface area contributed by atoms with Crippen molar-refractivity contribution in [2.45, 2.75) is 11.8 Å². The molecule has 1 aromatic carbocycles. The number of hydrogen-bond donors (Lipinski definition) is 1. The number of hydrogen-bond acceptors (Lipinski definition) is 4. The van der Waals surface area contributed by atoms with Gasteiger partial charge in [-0.15, -0.1) is 0 Å². The monoisotopic (exact) mass is 202 g/mol. The Labute approximate surface area is 76.9 Å². The Bertz CT molecular complexity index is 383. The maximum atomic E-state index is 11.3. The maximum absolute atomic E-state index is 11.3. The molecule has 0 aromatic heterocycles. The second kappa shape index (κ2) is 3.76. The second-order valence-corrected chi connectivity index (χ2v) is 3.91. The lowest BCUT2D eigenvalue weighted by Crippen LogP contribution is -2.05. The number of para-hydroxylation sites is 1. The van der Waals surface area contributed by atoms with Crippen molar-refractivity contribution in [2.24, 2.45) is 0 Å². The van der Waals surface area contributed by atoms with Crippen LogP contribution in [0, 0.1) is 0 Å². The van der Waals surface area contributed by atoms with Gasteiger partial charge in [0.25, 0.3) is 0 Å². The van der Waals surface area contributed by atoms with Crippen LogP contribution in [0.25, 0.3) is 0 Å². The van der Waals surface area contributed by atoms with Gasteiger partial charge >= 0.3 is 10.1 Å². The largest absolute Gasteiger partial charge is 0.506 e. The van der Waals surface area contributed by atoms with E-state index in [0.29, 0.717) is 0 Å². The van der Waals surface area contributed by atoms with Crippen LogP contribution in [0.3, 0.4) is 0 Å². The van der Waals surface area contributed by atoms with Gasteiger partial charge in [-0.1, -0.05) is 12.1 Å². The average Bonchev–Trinajstić information content (AvgIpc) is 2.04. The van der Waals surface area contributed by atoms with E-state index in [9.17, 15) is 13.5 Å². The lowest BCUT2D eigenvalue weighted by molar-refractivity contribution is 0.335. The molecule has 0 aliphatic carbocycles. The van der Waals surface area contributed by atoms with E-state index in [4.69, 9.17) is 0 Å². The minimum atomic E-state index is -3.79. The van der Waals surface area contributed by atoms with E-state index >= 15 is 0 Å². The van der Waals surface area contributed by atoms with Gasteiger partial charge in [-0.05, 0) is 19.1 Å². The standard InChI is InChI=1S/C8H10O4S/c1-2-12-13(10,11)8-6-4-3-5-7(8)9/h3-6,9H,2H2,1H3. The third kappa shape index (κ3) is 2.19. The molecule has 72 valence electrons. The first-order valence-electron chi connectivity index (χ1n) is 3.75. The minimum absolute atomic E-state index is 0.0522. The van der Waals surface area contributed by atoms with Gasteiger partial charge in [0.2, 0.25) is 0 Å². The molecule has 0 saturated heterocycles. The van der Waals surface area contributed by atoms with Crippen molar-refractivity contribution in [3.63, 3.8) is 0 Å². The van der Waals surface area contributed by atoms with E-state index in [-0.39, 0.29) is 17.3 Å². The summed E-state index contributed by atoms with van der Waals surface area (Å²) in [5.41, 5.74) is 0. The topological polar surface area (TPSA) is 63.6 Å². The van der Waals surface area contributed by atoms with E-state index in [1.54, 1.807) is 13.0 Å². The molecule has 1 rings (SSSR count). The predicted molar refractivity (Wildman–Crippen MR) is 46.9 cm³/mol. The van der Waals surface area contributed by atoms with Gasteiger partial charge in [0.1, 0.15) is 10.6 Å². The Hall–Kier alpha value is -1.07. The summed E-state index contributed by atoms with van der Waals surface area (Å²) in [6.45, 7) is 1.62. The van der Waals surface area contributed by atoms with Crippen LogP contribution in [-0.4, -0.2) is 20.1 Å². The van der Waals surface area contributed by atoms with Gasteiger partial charge in [-0.2, -0.15) is 8.42 Å². The molecule has 0 saturated carbocycles. The molecular formula is C8H10O4S. The molecule has 4 nitrogen and oxygen atoms in total. The highest BCUT2D eigenvalue weighted by atomic mass is 32.2. The zero-order chi connectivity index (χ0) is 9.90. The van der Waals surface area contributed by atoms with Crippen molar-refractivity contribution in [3.8, 4) is 5.75 Å². The summed E-state index contributed by atoms with van der Waals surface area (Å²) in [5, 5.41) is 9.21. The maximum Gasteiger partial charge on any atom is 0.300 e. The van der Waals surface area contributed by atoms with Gasteiger partial charge in [0, 0.05) is 0 Å². The fourth-order valence-corrected chi connectivity index (χ4v) is 1.89. The first-order valence-corrected chi connectivity index (χ1v) is 5.16. The summed E-state index contributed by atoms with van der Waals surface area (Å²) < 4.78 is 27.0. The summed E-state index contributed by atoms with van der Waals surface area (Å²) >= 11 is 0. The number of phenols is 1. The Morgan fingerprint density at radius 1 is 1.38 bits per heavy atom. The summed E-state index contributed by atoms with van der Waals surface area (Å²) in [6.07, 6.45) is 0. The Balaban J connectivity index is 3.15. The number of aromatic hydroxyl groups is 1. The van der Waals surface area contributed by atoms with Crippen molar-refractivity contribution < 1.29 is 17.7 Å². The molecule has 0 atom stereocenters. The predicted octanol–water partition coefficient (Wildman–Crippen LogP) is 1.12. The lowest BCUT2D eigenvalue weighted by atomic mass is 10.3. The van der Waals surface area contributed by atoms with Gasteiger partial charge in [-0.25, -0.2) is 0 Å². The van der Waals surface area contributed by atoms with Crippen molar-refractivity contribution >= 4 is 10.1 Å². The smallest absolute Gasteiger partial charge is 0.300 e. The van der Waals surface area contributed by atoms with Crippen LogP contribution in [-0.2, 0) is 14.3 Å². The fourth-order valence-electron chi connectivity index (χ4n) is 0.887. The van der Waals surface area contributed by atoms with E-state index in [1.165, 1.54) is 18.2 Å². The summed E-state index contributed by atoms with van der Waals surface area (Å²) in [6, 6.07) is 5.65. The average molecular weight is 202 g/mol. The molecule has 0 heterocycles. The van der Waals surface area contributed by atoms with E-state index in [2.05, 4.69) is 4.18 Å². The molecule has 0 radical (unpaired) electrons. The summed E-state index contributed by atoms with van der Waals surface area (Å²) in [7, 11) is -3.79.